The smallest absolute Gasteiger partial charge is 0.356 e. The maximum absolute atomic E-state index is 9.62. The Bertz CT molecular complexity index is 199. The van der Waals surface area contributed by atoms with Crippen molar-refractivity contribution in [1.82, 2.24) is 0 Å². The summed E-state index contributed by atoms with van der Waals surface area (Å²) < 4.78 is -2.17. The molecule has 5 N–H and O–H groups in total. The van der Waals surface area contributed by atoms with E-state index in [4.69, 9.17) is 51.4 Å². The predicted molar refractivity (Wildman–Crippen MR) is 62.3 cm³/mol. The molecule has 7 heteroatoms. The summed E-state index contributed by atoms with van der Waals surface area (Å²) in [5.41, 5.74) is 11.3. The Balaban J connectivity index is 0.000000265. The SMILES string of the molecule is NC1CCCCC1N.O=C(O)C(Cl)(Cl)Cl. The largest absolute Gasteiger partial charge is 0.478 e. The van der Waals surface area contributed by atoms with E-state index < -0.39 is 9.76 Å². The quantitative estimate of drug-likeness (QED) is 0.587. The number of nitrogens with two attached hydrogens (primary N) is 2. The van der Waals surface area contributed by atoms with Gasteiger partial charge >= 0.3 is 5.97 Å². The van der Waals surface area contributed by atoms with Crippen LogP contribution in [0, 0.1) is 0 Å². The second-order valence-electron chi connectivity index (χ2n) is 3.42. The van der Waals surface area contributed by atoms with Crippen molar-refractivity contribution in [2.24, 2.45) is 11.5 Å². The van der Waals surface area contributed by atoms with Crippen molar-refractivity contribution in [3.05, 3.63) is 0 Å². The summed E-state index contributed by atoms with van der Waals surface area (Å²) in [6.07, 6.45) is 4.80. The summed E-state index contributed by atoms with van der Waals surface area (Å²) in [4.78, 5) is 9.62. The molecule has 0 amide bonds. The van der Waals surface area contributed by atoms with E-state index in [-0.39, 0.29) is 12.1 Å². The van der Waals surface area contributed by atoms with Gasteiger partial charge in [-0.1, -0.05) is 47.6 Å². The summed E-state index contributed by atoms with van der Waals surface area (Å²) in [5.74, 6) is -1.46. The van der Waals surface area contributed by atoms with E-state index in [0.29, 0.717) is 0 Å². The summed E-state index contributed by atoms with van der Waals surface area (Å²) >= 11 is 14.4. The van der Waals surface area contributed by atoms with Crippen LogP contribution in [0.15, 0.2) is 0 Å². The lowest BCUT2D eigenvalue weighted by molar-refractivity contribution is -0.135. The van der Waals surface area contributed by atoms with Crippen LogP contribution in [0.25, 0.3) is 0 Å². The van der Waals surface area contributed by atoms with Crippen LogP contribution in [0.1, 0.15) is 25.7 Å². The number of rotatable bonds is 0. The zero-order chi connectivity index (χ0) is 12.1. The molecule has 0 radical (unpaired) electrons. The van der Waals surface area contributed by atoms with Gasteiger partial charge in [0.25, 0.3) is 3.79 Å². The lowest BCUT2D eigenvalue weighted by Crippen LogP contribution is -2.43. The first-order valence-corrected chi connectivity index (χ1v) is 5.70. The van der Waals surface area contributed by atoms with Crippen molar-refractivity contribution in [2.45, 2.75) is 41.6 Å². The van der Waals surface area contributed by atoms with Crippen molar-refractivity contribution in [2.75, 3.05) is 0 Å². The van der Waals surface area contributed by atoms with Gasteiger partial charge in [-0.3, -0.25) is 0 Å². The third kappa shape index (κ3) is 7.19. The number of carboxylic acid groups (broad SMARTS) is 1. The number of hydrogen-bond donors (Lipinski definition) is 3. The van der Waals surface area contributed by atoms with Gasteiger partial charge in [0, 0.05) is 12.1 Å². The van der Waals surface area contributed by atoms with Crippen LogP contribution in [0.5, 0.6) is 0 Å². The minimum atomic E-state index is -2.17. The number of carbonyl (C=O) groups is 1. The fourth-order valence-electron chi connectivity index (χ4n) is 1.19. The highest BCUT2D eigenvalue weighted by Gasteiger charge is 2.29. The molecule has 15 heavy (non-hydrogen) atoms. The molecule has 0 spiro atoms. The van der Waals surface area contributed by atoms with Gasteiger partial charge in [-0.15, -0.1) is 0 Å². The molecule has 0 aromatic heterocycles. The fourth-order valence-corrected chi connectivity index (χ4v) is 1.19. The van der Waals surface area contributed by atoms with Crippen LogP contribution in [0.4, 0.5) is 0 Å². The first-order chi connectivity index (χ1) is 6.75. The molecule has 90 valence electrons. The van der Waals surface area contributed by atoms with E-state index >= 15 is 0 Å². The number of alkyl halides is 3. The molecule has 0 aromatic carbocycles. The van der Waals surface area contributed by atoms with Gasteiger partial charge in [0.15, 0.2) is 0 Å². The highest BCUT2D eigenvalue weighted by atomic mass is 35.6. The van der Waals surface area contributed by atoms with E-state index in [1.165, 1.54) is 12.8 Å². The van der Waals surface area contributed by atoms with Crippen molar-refractivity contribution in [1.29, 1.82) is 0 Å². The molecule has 1 rings (SSSR count). The van der Waals surface area contributed by atoms with Gasteiger partial charge in [0.2, 0.25) is 0 Å². The third-order valence-corrected chi connectivity index (χ3v) is 2.60. The number of carboxylic acids is 1. The van der Waals surface area contributed by atoms with E-state index in [0.717, 1.165) is 12.8 Å². The molecule has 0 saturated heterocycles. The van der Waals surface area contributed by atoms with Crippen molar-refractivity contribution >= 4 is 40.8 Å². The van der Waals surface area contributed by atoms with Crippen LogP contribution >= 0.6 is 34.8 Å². The summed E-state index contributed by atoms with van der Waals surface area (Å²) in [7, 11) is 0. The minimum absolute atomic E-state index is 0.281. The molecule has 4 nitrogen and oxygen atoms in total. The van der Waals surface area contributed by atoms with E-state index in [1.807, 2.05) is 0 Å². The monoisotopic (exact) mass is 276 g/mol. The number of hydrogen-bond acceptors (Lipinski definition) is 3. The minimum Gasteiger partial charge on any atom is -0.478 e. The van der Waals surface area contributed by atoms with Crippen molar-refractivity contribution in [3.8, 4) is 0 Å². The average molecular weight is 278 g/mol. The zero-order valence-electron chi connectivity index (χ0n) is 8.13. The Labute approximate surface area is 104 Å². The molecule has 1 fully saturated rings. The molecule has 2 unspecified atom stereocenters. The first-order valence-electron chi connectivity index (χ1n) is 4.56. The summed E-state index contributed by atoms with van der Waals surface area (Å²) in [6.45, 7) is 0. The Hall–Kier alpha value is 0.260. The van der Waals surface area contributed by atoms with Gasteiger partial charge in [-0.05, 0) is 12.8 Å². The summed E-state index contributed by atoms with van der Waals surface area (Å²) in [6, 6.07) is 0.562. The molecule has 1 aliphatic rings. The molecule has 1 aliphatic carbocycles. The standard InChI is InChI=1S/C6H14N2.C2HCl3O2/c7-5-3-1-2-4-6(5)8;3-2(4,5)1(6)7/h5-6H,1-4,7-8H2;(H,6,7). The van der Waals surface area contributed by atoms with Crippen LogP contribution < -0.4 is 11.5 Å². The molecule has 0 aliphatic heterocycles. The lowest BCUT2D eigenvalue weighted by atomic mass is 9.92. The van der Waals surface area contributed by atoms with E-state index in [9.17, 15) is 4.79 Å². The molecule has 0 heterocycles. The van der Waals surface area contributed by atoms with Crippen LogP contribution in [0.2, 0.25) is 0 Å². The highest BCUT2D eigenvalue weighted by molar-refractivity contribution is 6.75. The number of halogens is 3. The Morgan fingerprint density at radius 1 is 1.13 bits per heavy atom. The normalized spacial score (nSPS) is 26.5. The van der Waals surface area contributed by atoms with Crippen molar-refractivity contribution in [3.63, 3.8) is 0 Å². The van der Waals surface area contributed by atoms with Crippen LogP contribution in [-0.2, 0) is 4.79 Å². The van der Waals surface area contributed by atoms with Crippen LogP contribution in [-0.4, -0.2) is 27.0 Å². The highest BCUT2D eigenvalue weighted by Crippen LogP contribution is 2.25. The Morgan fingerprint density at radius 3 is 1.53 bits per heavy atom. The van der Waals surface area contributed by atoms with Gasteiger partial charge < -0.3 is 16.6 Å². The average Bonchev–Trinajstić information content (AvgIpc) is 2.09. The van der Waals surface area contributed by atoms with E-state index in [1.54, 1.807) is 0 Å². The Morgan fingerprint density at radius 2 is 1.40 bits per heavy atom. The molecular weight excluding hydrogens is 262 g/mol. The van der Waals surface area contributed by atoms with E-state index in [2.05, 4.69) is 0 Å². The molecule has 0 bridgehead atoms. The van der Waals surface area contributed by atoms with Gasteiger partial charge in [-0.25, -0.2) is 4.79 Å². The van der Waals surface area contributed by atoms with Crippen molar-refractivity contribution < 1.29 is 9.90 Å². The molecule has 2 atom stereocenters. The van der Waals surface area contributed by atoms with Gasteiger partial charge in [-0.2, -0.15) is 0 Å². The number of aliphatic carboxylic acids is 1. The predicted octanol–water partition coefficient (Wildman–Crippen LogP) is 1.66. The maximum Gasteiger partial charge on any atom is 0.356 e. The molecule has 1 saturated carbocycles. The topological polar surface area (TPSA) is 89.3 Å². The molecular formula is C8H15Cl3N2O2. The van der Waals surface area contributed by atoms with Gasteiger partial charge in [0.05, 0.1) is 0 Å². The van der Waals surface area contributed by atoms with Crippen LogP contribution in [0.3, 0.4) is 0 Å². The van der Waals surface area contributed by atoms with Gasteiger partial charge in [0.1, 0.15) is 0 Å². The third-order valence-electron chi connectivity index (χ3n) is 2.12. The zero-order valence-corrected chi connectivity index (χ0v) is 10.4. The second-order valence-corrected chi connectivity index (χ2v) is 5.70. The summed E-state index contributed by atoms with van der Waals surface area (Å²) in [5, 5.41) is 7.85. The lowest BCUT2D eigenvalue weighted by Gasteiger charge is -2.24. The first kappa shape index (κ1) is 15.3. The Kier molecular flexibility index (Phi) is 6.88. The fraction of sp³-hybridized carbons (Fsp3) is 0.875. The second kappa shape index (κ2) is 6.76. The molecule has 0 aromatic rings. The maximum atomic E-state index is 9.62.